The summed E-state index contributed by atoms with van der Waals surface area (Å²) < 4.78 is 23.6. The number of hydrogen-bond acceptors (Lipinski definition) is 4. The van der Waals surface area contributed by atoms with Crippen molar-refractivity contribution in [2.45, 2.75) is 13.3 Å². The predicted molar refractivity (Wildman–Crippen MR) is 64.5 cm³/mol. The number of aryl methyl sites for hydroxylation is 1. The van der Waals surface area contributed by atoms with Crippen molar-refractivity contribution in [2.24, 2.45) is 0 Å². The van der Waals surface area contributed by atoms with Gasteiger partial charge in [-0.2, -0.15) is 0 Å². The van der Waals surface area contributed by atoms with Crippen molar-refractivity contribution in [1.82, 2.24) is 5.16 Å². The summed E-state index contributed by atoms with van der Waals surface area (Å²) in [6.45, 7) is 1.64. The number of halogens is 1. The average Bonchev–Trinajstić information content (AvgIpc) is 2.70. The van der Waals surface area contributed by atoms with Gasteiger partial charge in [0.05, 0.1) is 24.8 Å². The topological polar surface area (TPSA) is 72.6 Å². The Labute approximate surface area is 108 Å². The van der Waals surface area contributed by atoms with Gasteiger partial charge in [0.25, 0.3) is 0 Å². The van der Waals surface area contributed by atoms with Crippen LogP contribution in [0.25, 0.3) is 11.3 Å². The number of aliphatic carboxylic acids is 1. The smallest absolute Gasteiger partial charge is 0.308 e. The summed E-state index contributed by atoms with van der Waals surface area (Å²) in [5, 5.41) is 12.6. The van der Waals surface area contributed by atoms with Crippen LogP contribution in [0.5, 0.6) is 5.75 Å². The largest absolute Gasteiger partial charge is 0.496 e. The molecule has 0 aliphatic carbocycles. The van der Waals surface area contributed by atoms with Crippen LogP contribution in [0.15, 0.2) is 22.7 Å². The molecule has 0 radical (unpaired) electrons. The molecule has 1 N–H and O–H groups in total. The maximum Gasteiger partial charge on any atom is 0.308 e. The zero-order valence-electron chi connectivity index (χ0n) is 10.4. The monoisotopic (exact) mass is 265 g/mol. The average molecular weight is 265 g/mol. The first-order valence-electron chi connectivity index (χ1n) is 5.53. The molecule has 0 bridgehead atoms. The molecule has 1 aromatic carbocycles. The molecule has 6 heteroatoms. The second kappa shape index (κ2) is 5.09. The summed E-state index contributed by atoms with van der Waals surface area (Å²) in [6.07, 6.45) is -0.246. The highest BCUT2D eigenvalue weighted by Gasteiger charge is 2.20. The van der Waals surface area contributed by atoms with Crippen LogP contribution in [0.1, 0.15) is 11.3 Å². The van der Waals surface area contributed by atoms with E-state index >= 15 is 0 Å². The number of methoxy groups -OCH3 is 1. The third kappa shape index (κ3) is 2.57. The van der Waals surface area contributed by atoms with Crippen molar-refractivity contribution >= 4 is 5.97 Å². The van der Waals surface area contributed by atoms with E-state index in [1.807, 2.05) is 0 Å². The standard InChI is InChI=1S/C13H12FNO4/c1-7-9(6-12(16)17)13(19-15-7)10-5-8(14)3-4-11(10)18-2/h3-5H,6H2,1-2H3,(H,16,17). The fourth-order valence-corrected chi connectivity index (χ4v) is 1.82. The number of ether oxygens (including phenoxy) is 1. The molecule has 5 nitrogen and oxygen atoms in total. The lowest BCUT2D eigenvalue weighted by Crippen LogP contribution is -2.02. The highest BCUT2D eigenvalue weighted by Crippen LogP contribution is 2.34. The molecule has 2 rings (SSSR count). The van der Waals surface area contributed by atoms with Gasteiger partial charge >= 0.3 is 5.97 Å². The Morgan fingerprint density at radius 3 is 2.89 bits per heavy atom. The van der Waals surface area contributed by atoms with Crippen LogP contribution in [-0.2, 0) is 11.2 Å². The molecule has 19 heavy (non-hydrogen) atoms. The van der Waals surface area contributed by atoms with E-state index in [1.54, 1.807) is 6.92 Å². The van der Waals surface area contributed by atoms with Crippen molar-refractivity contribution in [3.63, 3.8) is 0 Å². The molecular formula is C13H12FNO4. The molecule has 0 unspecified atom stereocenters. The van der Waals surface area contributed by atoms with E-state index in [0.29, 0.717) is 22.6 Å². The first-order chi connectivity index (χ1) is 9.02. The molecule has 0 spiro atoms. The maximum atomic E-state index is 13.3. The van der Waals surface area contributed by atoms with Gasteiger partial charge in [-0.25, -0.2) is 4.39 Å². The zero-order valence-corrected chi connectivity index (χ0v) is 10.4. The number of hydrogen-bond donors (Lipinski definition) is 1. The fraction of sp³-hybridized carbons (Fsp3) is 0.231. The van der Waals surface area contributed by atoms with E-state index in [-0.39, 0.29) is 12.2 Å². The van der Waals surface area contributed by atoms with Crippen LogP contribution < -0.4 is 4.74 Å². The number of carboxylic acid groups (broad SMARTS) is 1. The Hall–Kier alpha value is -2.37. The lowest BCUT2D eigenvalue weighted by atomic mass is 10.0. The van der Waals surface area contributed by atoms with E-state index in [1.165, 1.54) is 25.3 Å². The second-order valence-corrected chi connectivity index (χ2v) is 3.99. The van der Waals surface area contributed by atoms with E-state index < -0.39 is 11.8 Å². The fourth-order valence-electron chi connectivity index (χ4n) is 1.82. The number of carboxylic acids is 1. The van der Waals surface area contributed by atoms with Gasteiger partial charge in [-0.1, -0.05) is 5.16 Å². The summed E-state index contributed by atoms with van der Waals surface area (Å²) in [5.41, 5.74) is 1.22. The quantitative estimate of drug-likeness (QED) is 0.919. The van der Waals surface area contributed by atoms with E-state index in [0.717, 1.165) is 0 Å². The lowest BCUT2D eigenvalue weighted by molar-refractivity contribution is -0.136. The van der Waals surface area contributed by atoms with Crippen molar-refractivity contribution in [3.05, 3.63) is 35.3 Å². The highest BCUT2D eigenvalue weighted by atomic mass is 19.1. The molecule has 100 valence electrons. The summed E-state index contributed by atoms with van der Waals surface area (Å²) in [7, 11) is 1.44. The van der Waals surface area contributed by atoms with Crippen LogP contribution in [0, 0.1) is 12.7 Å². The molecular weight excluding hydrogens is 253 g/mol. The number of carbonyl (C=O) groups is 1. The minimum absolute atomic E-state index is 0.219. The van der Waals surface area contributed by atoms with Crippen molar-refractivity contribution in [3.8, 4) is 17.1 Å². The Kier molecular flexibility index (Phi) is 3.50. The molecule has 1 heterocycles. The third-order valence-electron chi connectivity index (χ3n) is 2.72. The van der Waals surface area contributed by atoms with Crippen LogP contribution in [0.3, 0.4) is 0 Å². The SMILES string of the molecule is COc1ccc(F)cc1-c1onc(C)c1CC(=O)O. The van der Waals surface area contributed by atoms with Crippen LogP contribution in [-0.4, -0.2) is 23.3 Å². The lowest BCUT2D eigenvalue weighted by Gasteiger charge is -2.07. The summed E-state index contributed by atoms with van der Waals surface area (Å²) >= 11 is 0. The summed E-state index contributed by atoms with van der Waals surface area (Å²) in [4.78, 5) is 10.8. The minimum Gasteiger partial charge on any atom is -0.496 e. The van der Waals surface area contributed by atoms with Crippen LogP contribution in [0.2, 0.25) is 0 Å². The Bertz CT molecular complexity index is 621. The second-order valence-electron chi connectivity index (χ2n) is 3.99. The summed E-state index contributed by atoms with van der Waals surface area (Å²) in [6, 6.07) is 3.93. The molecule has 0 aliphatic rings. The third-order valence-corrected chi connectivity index (χ3v) is 2.72. The number of aromatic nitrogens is 1. The normalized spacial score (nSPS) is 10.5. The van der Waals surface area contributed by atoms with Crippen LogP contribution in [0.4, 0.5) is 4.39 Å². The molecule has 1 aromatic heterocycles. The molecule has 0 fully saturated rings. The first kappa shape index (κ1) is 13.1. The van der Waals surface area contributed by atoms with Crippen molar-refractivity contribution in [1.29, 1.82) is 0 Å². The number of nitrogens with zero attached hydrogens (tertiary/aromatic N) is 1. The Balaban J connectivity index is 2.58. The van der Waals surface area contributed by atoms with E-state index in [2.05, 4.69) is 5.16 Å². The van der Waals surface area contributed by atoms with E-state index in [9.17, 15) is 9.18 Å². The van der Waals surface area contributed by atoms with Crippen molar-refractivity contribution in [2.75, 3.05) is 7.11 Å². The van der Waals surface area contributed by atoms with Gasteiger partial charge in [0.2, 0.25) is 0 Å². The highest BCUT2D eigenvalue weighted by molar-refractivity contribution is 5.77. The molecule has 0 saturated heterocycles. The molecule has 0 saturated carbocycles. The van der Waals surface area contributed by atoms with Gasteiger partial charge in [0.15, 0.2) is 5.76 Å². The molecule has 2 aromatic rings. The number of benzene rings is 1. The predicted octanol–water partition coefficient (Wildman–Crippen LogP) is 2.42. The zero-order chi connectivity index (χ0) is 14.0. The molecule has 0 amide bonds. The van der Waals surface area contributed by atoms with Gasteiger partial charge in [-0.3, -0.25) is 4.79 Å². The molecule has 0 atom stereocenters. The Morgan fingerprint density at radius 2 is 2.26 bits per heavy atom. The summed E-state index contributed by atoms with van der Waals surface area (Å²) in [5.74, 6) is -0.866. The van der Waals surface area contributed by atoms with Gasteiger partial charge in [0.1, 0.15) is 11.6 Å². The first-order valence-corrected chi connectivity index (χ1v) is 5.53. The van der Waals surface area contributed by atoms with Gasteiger partial charge in [0, 0.05) is 5.56 Å². The minimum atomic E-state index is -1.01. The van der Waals surface area contributed by atoms with Crippen molar-refractivity contribution < 1.29 is 23.6 Å². The van der Waals surface area contributed by atoms with Gasteiger partial charge in [-0.15, -0.1) is 0 Å². The van der Waals surface area contributed by atoms with E-state index in [4.69, 9.17) is 14.4 Å². The maximum absolute atomic E-state index is 13.3. The van der Waals surface area contributed by atoms with Crippen LogP contribution >= 0.6 is 0 Å². The van der Waals surface area contributed by atoms with Gasteiger partial charge in [-0.05, 0) is 25.1 Å². The number of rotatable bonds is 4. The molecule has 0 aliphatic heterocycles. The van der Waals surface area contributed by atoms with Gasteiger partial charge < -0.3 is 14.4 Å². The Morgan fingerprint density at radius 1 is 1.53 bits per heavy atom.